The third-order valence-corrected chi connectivity index (χ3v) is 5.93. The summed E-state index contributed by atoms with van der Waals surface area (Å²) in [5.41, 5.74) is 6.30. The zero-order valence-electron chi connectivity index (χ0n) is 12.8. The van der Waals surface area contributed by atoms with Gasteiger partial charge in [-0.2, -0.15) is 0 Å². The molecule has 1 aromatic carbocycles. The highest BCUT2D eigenvalue weighted by Crippen LogP contribution is 2.49. The van der Waals surface area contributed by atoms with E-state index in [4.69, 9.17) is 5.73 Å². The molecule has 0 spiro atoms. The number of nitrogens with two attached hydrogens (primary N) is 1. The predicted molar refractivity (Wildman–Crippen MR) is 87.3 cm³/mol. The average molecular weight is 358 g/mol. The lowest BCUT2D eigenvalue weighted by atomic mass is 9.64. The molecule has 2 nitrogen and oxygen atoms in total. The molecule has 0 amide bonds. The number of aliphatic hydroxyl groups excluding tert-OH is 1. The van der Waals surface area contributed by atoms with Crippen LogP contribution in [0.1, 0.15) is 51.2 Å². The summed E-state index contributed by atoms with van der Waals surface area (Å²) < 4.78 is 14.3. The highest BCUT2D eigenvalue weighted by atomic mass is 79.9. The molecule has 1 aliphatic rings. The molecular formula is C17H25BrFNO. The first-order chi connectivity index (χ1) is 9.89. The molecule has 118 valence electrons. The van der Waals surface area contributed by atoms with E-state index in [1.165, 1.54) is 12.1 Å². The summed E-state index contributed by atoms with van der Waals surface area (Å²) in [5, 5.41) is 10.8. The summed E-state index contributed by atoms with van der Waals surface area (Å²) >= 11 is 3.42. The monoisotopic (exact) mass is 357 g/mol. The molecule has 1 fully saturated rings. The van der Waals surface area contributed by atoms with Crippen LogP contribution in [0.2, 0.25) is 0 Å². The second-order valence-corrected chi connectivity index (χ2v) is 7.57. The molecule has 0 radical (unpaired) electrons. The average Bonchev–Trinajstić information content (AvgIpc) is 2.49. The molecule has 0 aromatic heterocycles. The molecule has 4 heteroatoms. The maximum Gasteiger partial charge on any atom is 0.123 e. The fraction of sp³-hybridized carbons (Fsp3) is 0.647. The maximum absolute atomic E-state index is 13.5. The van der Waals surface area contributed by atoms with Crippen molar-refractivity contribution >= 4 is 15.9 Å². The molecule has 0 heterocycles. The van der Waals surface area contributed by atoms with Crippen molar-refractivity contribution in [2.75, 3.05) is 6.54 Å². The number of halogens is 2. The fourth-order valence-electron chi connectivity index (χ4n) is 3.52. The van der Waals surface area contributed by atoms with Crippen LogP contribution in [0.5, 0.6) is 0 Å². The summed E-state index contributed by atoms with van der Waals surface area (Å²) in [6.07, 6.45) is 3.24. The summed E-state index contributed by atoms with van der Waals surface area (Å²) in [4.78, 5) is 0. The fourth-order valence-corrected chi connectivity index (χ4v) is 3.99. The van der Waals surface area contributed by atoms with Gasteiger partial charge in [0.15, 0.2) is 0 Å². The van der Waals surface area contributed by atoms with Gasteiger partial charge in [0.1, 0.15) is 5.82 Å². The normalized spacial score (nSPS) is 27.9. The molecule has 21 heavy (non-hydrogen) atoms. The van der Waals surface area contributed by atoms with E-state index in [9.17, 15) is 9.50 Å². The lowest BCUT2D eigenvalue weighted by molar-refractivity contribution is -0.0154. The van der Waals surface area contributed by atoms with Gasteiger partial charge in [-0.05, 0) is 61.3 Å². The Balaban J connectivity index is 2.23. The van der Waals surface area contributed by atoms with E-state index in [2.05, 4.69) is 29.8 Å². The Hall–Kier alpha value is -0.450. The van der Waals surface area contributed by atoms with E-state index in [0.717, 1.165) is 30.2 Å². The summed E-state index contributed by atoms with van der Waals surface area (Å²) in [6, 6.07) is 4.46. The lowest BCUT2D eigenvalue weighted by Crippen LogP contribution is -2.41. The van der Waals surface area contributed by atoms with E-state index in [1.54, 1.807) is 6.07 Å². The topological polar surface area (TPSA) is 46.2 Å². The van der Waals surface area contributed by atoms with Gasteiger partial charge in [0.2, 0.25) is 0 Å². The molecule has 1 atom stereocenters. The number of benzene rings is 1. The van der Waals surface area contributed by atoms with E-state index in [1.807, 2.05) is 0 Å². The molecule has 0 aliphatic heterocycles. The van der Waals surface area contributed by atoms with Gasteiger partial charge in [0.25, 0.3) is 0 Å². The molecule has 1 unspecified atom stereocenters. The second kappa shape index (κ2) is 6.76. The first kappa shape index (κ1) is 16.9. The van der Waals surface area contributed by atoms with Gasteiger partial charge in [-0.25, -0.2) is 4.39 Å². The molecule has 1 aromatic rings. The molecule has 2 rings (SSSR count). The van der Waals surface area contributed by atoms with Gasteiger partial charge < -0.3 is 10.8 Å². The molecular weight excluding hydrogens is 333 g/mol. The third kappa shape index (κ3) is 3.49. The molecule has 1 aliphatic carbocycles. The minimum absolute atomic E-state index is 0.324. The first-order valence-corrected chi connectivity index (χ1v) is 8.52. The van der Waals surface area contributed by atoms with Gasteiger partial charge >= 0.3 is 0 Å². The van der Waals surface area contributed by atoms with Crippen LogP contribution in [0.4, 0.5) is 4.39 Å². The Morgan fingerprint density at radius 3 is 2.52 bits per heavy atom. The maximum atomic E-state index is 13.5. The lowest BCUT2D eigenvalue weighted by Gasteiger charge is -2.44. The van der Waals surface area contributed by atoms with E-state index < -0.39 is 6.10 Å². The highest BCUT2D eigenvalue weighted by Gasteiger charge is 2.42. The number of hydrogen-bond acceptors (Lipinski definition) is 2. The summed E-state index contributed by atoms with van der Waals surface area (Å²) in [6.45, 7) is 4.93. The first-order valence-electron chi connectivity index (χ1n) is 7.72. The number of hydrogen-bond donors (Lipinski definition) is 2. The Bertz CT molecular complexity index is 484. The standard InChI is InChI=1S/C17H25BrFNO/c1-11(2)12-5-7-17(10-20,8-6-12)16(21)14-9-13(19)3-4-15(14)18/h3-4,9,11-12,16,21H,5-8,10,20H2,1-2H3. The van der Waals surface area contributed by atoms with Crippen molar-refractivity contribution in [2.45, 2.75) is 45.6 Å². The SMILES string of the molecule is CC(C)C1CCC(CN)(C(O)c2cc(F)ccc2Br)CC1. The molecule has 3 N–H and O–H groups in total. The van der Waals surface area contributed by atoms with Gasteiger partial charge in [-0.3, -0.25) is 0 Å². The van der Waals surface area contributed by atoms with E-state index >= 15 is 0 Å². The molecule has 1 saturated carbocycles. The van der Waals surface area contributed by atoms with Crippen molar-refractivity contribution < 1.29 is 9.50 Å². The van der Waals surface area contributed by atoms with Crippen molar-refractivity contribution in [1.29, 1.82) is 0 Å². The van der Waals surface area contributed by atoms with Gasteiger partial charge in [0, 0.05) is 16.4 Å². The minimum atomic E-state index is -0.722. The van der Waals surface area contributed by atoms with Gasteiger partial charge in [0.05, 0.1) is 6.10 Å². The Morgan fingerprint density at radius 2 is 2.00 bits per heavy atom. The van der Waals surface area contributed by atoms with Crippen molar-refractivity contribution in [3.63, 3.8) is 0 Å². The van der Waals surface area contributed by atoms with E-state index in [0.29, 0.717) is 23.9 Å². The summed E-state index contributed by atoms with van der Waals surface area (Å²) in [5.74, 6) is 1.04. The highest BCUT2D eigenvalue weighted by molar-refractivity contribution is 9.10. The number of aliphatic hydroxyl groups is 1. The van der Waals surface area contributed by atoms with Crippen molar-refractivity contribution in [1.82, 2.24) is 0 Å². The largest absolute Gasteiger partial charge is 0.388 e. The van der Waals surface area contributed by atoms with Gasteiger partial charge in [-0.1, -0.05) is 29.8 Å². The van der Waals surface area contributed by atoms with Crippen LogP contribution in [-0.4, -0.2) is 11.7 Å². The van der Waals surface area contributed by atoms with Crippen LogP contribution in [0, 0.1) is 23.1 Å². The quantitative estimate of drug-likeness (QED) is 0.837. The van der Waals surface area contributed by atoms with E-state index in [-0.39, 0.29) is 11.2 Å². The summed E-state index contributed by atoms with van der Waals surface area (Å²) in [7, 11) is 0. The van der Waals surface area contributed by atoms with Crippen LogP contribution < -0.4 is 5.73 Å². The van der Waals surface area contributed by atoms with Crippen LogP contribution in [0.15, 0.2) is 22.7 Å². The zero-order valence-corrected chi connectivity index (χ0v) is 14.4. The van der Waals surface area contributed by atoms with Crippen LogP contribution in [0.3, 0.4) is 0 Å². The zero-order chi connectivity index (χ0) is 15.6. The smallest absolute Gasteiger partial charge is 0.123 e. The predicted octanol–water partition coefficient (Wildman–Crippen LogP) is 4.41. The van der Waals surface area contributed by atoms with Crippen molar-refractivity contribution in [3.05, 3.63) is 34.1 Å². The van der Waals surface area contributed by atoms with Crippen LogP contribution in [-0.2, 0) is 0 Å². The van der Waals surface area contributed by atoms with Crippen molar-refractivity contribution in [2.24, 2.45) is 23.0 Å². The Morgan fingerprint density at radius 1 is 1.38 bits per heavy atom. The molecule has 0 bridgehead atoms. The van der Waals surface area contributed by atoms with Crippen molar-refractivity contribution in [3.8, 4) is 0 Å². The minimum Gasteiger partial charge on any atom is -0.388 e. The second-order valence-electron chi connectivity index (χ2n) is 6.72. The molecule has 0 saturated heterocycles. The Kier molecular flexibility index (Phi) is 5.44. The Labute approximate surface area is 135 Å². The van der Waals surface area contributed by atoms with Gasteiger partial charge in [-0.15, -0.1) is 0 Å². The third-order valence-electron chi connectivity index (χ3n) is 5.21. The van der Waals surface area contributed by atoms with Crippen LogP contribution >= 0.6 is 15.9 Å². The number of rotatable bonds is 4. The van der Waals surface area contributed by atoms with Crippen LogP contribution in [0.25, 0.3) is 0 Å².